The number of carboxylic acid groups (broad SMARTS) is 1. The summed E-state index contributed by atoms with van der Waals surface area (Å²) in [5.41, 5.74) is 0. The van der Waals surface area contributed by atoms with Gasteiger partial charge >= 0.3 is 5.97 Å². The number of nitrogens with zero attached hydrogens (tertiary/aromatic N) is 1. The van der Waals surface area contributed by atoms with E-state index in [1.807, 2.05) is 0 Å². The number of rotatable bonds is 4. The quantitative estimate of drug-likeness (QED) is 0.785. The van der Waals surface area contributed by atoms with E-state index in [1.54, 1.807) is 18.7 Å². The summed E-state index contributed by atoms with van der Waals surface area (Å²) < 4.78 is 21.7. The minimum atomic E-state index is -0.886. The highest BCUT2D eigenvalue weighted by Crippen LogP contribution is 2.15. The number of hydrogen-bond acceptors (Lipinski definition) is 6. The molecule has 1 amide bonds. The molecule has 0 aromatic rings. The normalized spacial score (nSPS) is 21.6. The lowest BCUT2D eigenvalue weighted by atomic mass is 9.96. The van der Waals surface area contributed by atoms with Gasteiger partial charge in [-0.05, 0) is 6.42 Å². The Balaban J connectivity index is 2.52. The van der Waals surface area contributed by atoms with Gasteiger partial charge in [0.05, 0.1) is 58.8 Å². The zero-order valence-corrected chi connectivity index (χ0v) is 15.3. The standard InChI is InChI=1S/C17H31NO7/c1-14(13-15(2)17(20)21)16(19)18-3-5-22-7-9-24-11-12-25-10-8-23-6-4-18/h14-15H,3-13H2,1-2H3,(H,20,21). The number of ether oxygens (including phenoxy) is 4. The first-order valence-corrected chi connectivity index (χ1v) is 8.85. The van der Waals surface area contributed by atoms with Gasteiger partial charge in [-0.3, -0.25) is 9.59 Å². The van der Waals surface area contributed by atoms with E-state index in [1.165, 1.54) is 0 Å². The Morgan fingerprint density at radius 2 is 1.20 bits per heavy atom. The zero-order chi connectivity index (χ0) is 18.5. The molecule has 8 nitrogen and oxygen atoms in total. The number of amides is 1. The maximum atomic E-state index is 12.6. The van der Waals surface area contributed by atoms with Gasteiger partial charge in [-0.1, -0.05) is 13.8 Å². The molecule has 1 heterocycles. The number of aliphatic carboxylic acids is 1. The van der Waals surface area contributed by atoms with Crippen molar-refractivity contribution in [1.82, 2.24) is 4.90 Å². The predicted octanol–water partition coefficient (Wildman–Crippen LogP) is 0.642. The lowest BCUT2D eigenvalue weighted by Crippen LogP contribution is -2.40. The molecule has 1 N–H and O–H groups in total. The van der Waals surface area contributed by atoms with Crippen LogP contribution < -0.4 is 0 Å². The first kappa shape index (κ1) is 21.8. The van der Waals surface area contributed by atoms with E-state index in [0.29, 0.717) is 72.4 Å². The molecule has 1 rings (SSSR count). The summed E-state index contributed by atoms with van der Waals surface area (Å²) in [6, 6.07) is 0. The van der Waals surface area contributed by atoms with Gasteiger partial charge in [-0.2, -0.15) is 0 Å². The fraction of sp³-hybridized carbons (Fsp3) is 0.882. The molecule has 0 radical (unpaired) electrons. The van der Waals surface area contributed by atoms with Gasteiger partial charge in [0.2, 0.25) is 5.91 Å². The first-order chi connectivity index (χ1) is 12.0. The number of hydrogen-bond donors (Lipinski definition) is 1. The summed E-state index contributed by atoms with van der Waals surface area (Å²) in [5.74, 6) is -1.87. The maximum Gasteiger partial charge on any atom is 0.306 e. The number of carbonyl (C=O) groups excluding carboxylic acids is 1. The average Bonchev–Trinajstić information content (AvgIpc) is 2.59. The van der Waals surface area contributed by atoms with Crippen molar-refractivity contribution in [3.05, 3.63) is 0 Å². The number of carbonyl (C=O) groups is 2. The third-order valence-corrected chi connectivity index (χ3v) is 3.99. The molecule has 2 atom stereocenters. The molecule has 1 fully saturated rings. The Morgan fingerprint density at radius 1 is 0.800 bits per heavy atom. The largest absolute Gasteiger partial charge is 0.481 e. The topological polar surface area (TPSA) is 94.5 Å². The van der Waals surface area contributed by atoms with Gasteiger partial charge in [0.15, 0.2) is 0 Å². The first-order valence-electron chi connectivity index (χ1n) is 8.85. The smallest absolute Gasteiger partial charge is 0.306 e. The Kier molecular flexibility index (Phi) is 11.4. The van der Waals surface area contributed by atoms with Crippen molar-refractivity contribution in [2.24, 2.45) is 11.8 Å². The highest BCUT2D eigenvalue weighted by molar-refractivity contribution is 5.79. The molecule has 1 saturated heterocycles. The van der Waals surface area contributed by atoms with Crippen LogP contribution in [0.25, 0.3) is 0 Å². The summed E-state index contributed by atoms with van der Waals surface area (Å²) in [6.45, 7) is 8.04. The van der Waals surface area contributed by atoms with Crippen LogP contribution in [0, 0.1) is 11.8 Å². The lowest BCUT2D eigenvalue weighted by molar-refractivity contribution is -0.143. The molecule has 0 aromatic carbocycles. The molecular formula is C17H31NO7. The van der Waals surface area contributed by atoms with Crippen molar-refractivity contribution in [2.75, 3.05) is 65.9 Å². The number of carboxylic acids is 1. The Hall–Kier alpha value is -1.22. The van der Waals surface area contributed by atoms with E-state index >= 15 is 0 Å². The fourth-order valence-electron chi connectivity index (χ4n) is 2.49. The van der Waals surface area contributed by atoms with Gasteiger partial charge in [-0.15, -0.1) is 0 Å². The fourth-order valence-corrected chi connectivity index (χ4v) is 2.49. The molecule has 1 aliphatic rings. The van der Waals surface area contributed by atoms with Crippen molar-refractivity contribution in [3.63, 3.8) is 0 Å². The highest BCUT2D eigenvalue weighted by atomic mass is 16.6. The average molecular weight is 361 g/mol. The van der Waals surface area contributed by atoms with Gasteiger partial charge in [0, 0.05) is 19.0 Å². The second-order valence-corrected chi connectivity index (χ2v) is 6.15. The van der Waals surface area contributed by atoms with Crippen molar-refractivity contribution in [3.8, 4) is 0 Å². The summed E-state index contributed by atoms with van der Waals surface area (Å²) in [7, 11) is 0. The van der Waals surface area contributed by atoms with E-state index in [-0.39, 0.29) is 11.8 Å². The van der Waals surface area contributed by atoms with Crippen LogP contribution in [0.2, 0.25) is 0 Å². The van der Waals surface area contributed by atoms with Crippen LogP contribution in [0.15, 0.2) is 0 Å². The summed E-state index contributed by atoms with van der Waals surface area (Å²) in [5, 5.41) is 9.02. The maximum absolute atomic E-state index is 12.6. The molecule has 0 bridgehead atoms. The van der Waals surface area contributed by atoms with Crippen LogP contribution in [0.1, 0.15) is 20.3 Å². The minimum Gasteiger partial charge on any atom is -0.481 e. The van der Waals surface area contributed by atoms with Crippen molar-refractivity contribution in [1.29, 1.82) is 0 Å². The zero-order valence-electron chi connectivity index (χ0n) is 15.3. The summed E-state index contributed by atoms with van der Waals surface area (Å²) in [4.78, 5) is 25.3. The lowest BCUT2D eigenvalue weighted by Gasteiger charge is -2.26. The second kappa shape index (κ2) is 13.0. The summed E-state index contributed by atoms with van der Waals surface area (Å²) >= 11 is 0. The molecule has 146 valence electrons. The molecule has 2 unspecified atom stereocenters. The molecule has 8 heteroatoms. The van der Waals surface area contributed by atoms with Gasteiger partial charge in [0.1, 0.15) is 0 Å². The summed E-state index contributed by atoms with van der Waals surface area (Å²) in [6.07, 6.45) is 0.314. The van der Waals surface area contributed by atoms with Crippen molar-refractivity contribution >= 4 is 11.9 Å². The van der Waals surface area contributed by atoms with Crippen LogP contribution in [0.3, 0.4) is 0 Å². The molecular weight excluding hydrogens is 330 g/mol. The minimum absolute atomic E-state index is 0.0721. The highest BCUT2D eigenvalue weighted by Gasteiger charge is 2.24. The molecule has 25 heavy (non-hydrogen) atoms. The van der Waals surface area contributed by atoms with Crippen LogP contribution >= 0.6 is 0 Å². The van der Waals surface area contributed by atoms with Gasteiger partial charge in [-0.25, -0.2) is 0 Å². The second-order valence-electron chi connectivity index (χ2n) is 6.15. The van der Waals surface area contributed by atoms with Gasteiger partial charge in [0.25, 0.3) is 0 Å². The predicted molar refractivity (Wildman–Crippen MR) is 90.4 cm³/mol. The third-order valence-electron chi connectivity index (χ3n) is 3.99. The van der Waals surface area contributed by atoms with Crippen molar-refractivity contribution < 1.29 is 33.6 Å². The van der Waals surface area contributed by atoms with Crippen LogP contribution in [0.5, 0.6) is 0 Å². The van der Waals surface area contributed by atoms with Crippen LogP contribution in [-0.4, -0.2) is 87.8 Å². The van der Waals surface area contributed by atoms with Crippen LogP contribution in [-0.2, 0) is 28.5 Å². The monoisotopic (exact) mass is 361 g/mol. The van der Waals surface area contributed by atoms with E-state index in [0.717, 1.165) is 0 Å². The Bertz CT molecular complexity index is 375. The van der Waals surface area contributed by atoms with E-state index in [2.05, 4.69) is 0 Å². The Morgan fingerprint density at radius 3 is 1.60 bits per heavy atom. The van der Waals surface area contributed by atoms with Crippen LogP contribution in [0.4, 0.5) is 0 Å². The molecule has 1 aliphatic heterocycles. The molecule has 0 spiro atoms. The molecule has 0 aromatic heterocycles. The SMILES string of the molecule is CC(CC(C)C(=O)N1CCOCCOCCOCCOCC1)C(=O)O. The Labute approximate surface area is 149 Å². The van der Waals surface area contributed by atoms with Gasteiger partial charge < -0.3 is 29.0 Å². The van der Waals surface area contributed by atoms with Crippen molar-refractivity contribution in [2.45, 2.75) is 20.3 Å². The third kappa shape index (κ3) is 9.74. The van der Waals surface area contributed by atoms with E-state index < -0.39 is 11.9 Å². The van der Waals surface area contributed by atoms with E-state index in [9.17, 15) is 9.59 Å². The molecule has 0 aliphatic carbocycles. The molecule has 0 saturated carbocycles. The van der Waals surface area contributed by atoms with E-state index in [4.69, 9.17) is 24.1 Å².